The third-order valence-corrected chi connectivity index (χ3v) is 3.36. The molecule has 0 atom stereocenters. The summed E-state index contributed by atoms with van der Waals surface area (Å²) in [4.78, 5) is 8.82. The van der Waals surface area contributed by atoms with Crippen LogP contribution in [0.25, 0.3) is 16.9 Å². The Morgan fingerprint density at radius 3 is 2.61 bits per heavy atom. The van der Waals surface area contributed by atoms with Gasteiger partial charge in [0.2, 0.25) is 0 Å². The molecule has 87 valence electrons. The molecule has 1 aromatic carbocycles. The van der Waals surface area contributed by atoms with Gasteiger partial charge in [-0.3, -0.25) is 9.55 Å². The molecule has 0 amide bonds. The molecular weight excluding hydrogens is 222 g/mol. The Hall–Kier alpha value is -2.16. The molecule has 1 fully saturated rings. The lowest BCUT2D eigenvalue weighted by atomic mass is 10.2. The van der Waals surface area contributed by atoms with Crippen LogP contribution in [0.1, 0.15) is 24.5 Å². The van der Waals surface area contributed by atoms with Gasteiger partial charge in [0.05, 0.1) is 0 Å². The number of hydrogen-bond acceptors (Lipinski definition) is 2. The van der Waals surface area contributed by atoms with E-state index >= 15 is 0 Å². The molecule has 0 spiro atoms. The fourth-order valence-corrected chi connectivity index (χ4v) is 2.35. The molecular formula is C15H12N3. The Bertz CT molecular complexity index is 696. The Morgan fingerprint density at radius 2 is 1.83 bits per heavy atom. The van der Waals surface area contributed by atoms with Gasteiger partial charge in [0.25, 0.3) is 0 Å². The number of nitrogens with zero attached hydrogens (tertiary/aromatic N) is 3. The lowest BCUT2D eigenvalue weighted by molar-refractivity contribution is 0.936. The van der Waals surface area contributed by atoms with Crippen molar-refractivity contribution in [2.75, 3.05) is 0 Å². The molecule has 4 rings (SSSR count). The first kappa shape index (κ1) is 9.83. The first-order valence-corrected chi connectivity index (χ1v) is 6.23. The molecule has 0 N–H and O–H groups in total. The van der Waals surface area contributed by atoms with Crippen molar-refractivity contribution in [1.82, 2.24) is 14.5 Å². The first-order valence-electron chi connectivity index (χ1n) is 6.23. The highest BCUT2D eigenvalue weighted by atomic mass is 15.1. The van der Waals surface area contributed by atoms with Crippen molar-refractivity contribution in [2.45, 2.75) is 18.8 Å². The molecule has 1 aliphatic rings. The van der Waals surface area contributed by atoms with E-state index in [0.29, 0.717) is 5.92 Å². The fourth-order valence-electron chi connectivity index (χ4n) is 2.35. The normalized spacial score (nSPS) is 15.1. The van der Waals surface area contributed by atoms with E-state index in [9.17, 15) is 0 Å². The van der Waals surface area contributed by atoms with Gasteiger partial charge in [0, 0.05) is 35.8 Å². The van der Waals surface area contributed by atoms with Crippen molar-refractivity contribution in [3.63, 3.8) is 0 Å². The molecule has 3 heteroatoms. The summed E-state index contributed by atoms with van der Waals surface area (Å²) in [5, 5.41) is 0. The summed E-state index contributed by atoms with van der Waals surface area (Å²) >= 11 is 0. The first-order chi connectivity index (χ1) is 8.93. The van der Waals surface area contributed by atoms with E-state index in [1.54, 1.807) is 12.4 Å². The van der Waals surface area contributed by atoms with Gasteiger partial charge in [-0.25, -0.2) is 4.98 Å². The van der Waals surface area contributed by atoms with Gasteiger partial charge in [-0.05, 0) is 25.0 Å². The maximum absolute atomic E-state index is 4.46. The summed E-state index contributed by atoms with van der Waals surface area (Å²) in [6, 6.07) is 13.8. The van der Waals surface area contributed by atoms with E-state index in [2.05, 4.69) is 32.7 Å². The van der Waals surface area contributed by atoms with Crippen LogP contribution in [0, 0.1) is 6.07 Å². The summed E-state index contributed by atoms with van der Waals surface area (Å²) in [5.41, 5.74) is 4.14. The Kier molecular flexibility index (Phi) is 2.00. The van der Waals surface area contributed by atoms with E-state index in [1.165, 1.54) is 18.5 Å². The highest BCUT2D eigenvalue weighted by Crippen LogP contribution is 2.42. The molecule has 1 aliphatic carbocycles. The average molecular weight is 234 g/mol. The molecule has 2 aromatic heterocycles. The molecule has 0 saturated heterocycles. The predicted octanol–water partition coefficient (Wildman–Crippen LogP) is 3.10. The lowest BCUT2D eigenvalue weighted by Crippen LogP contribution is -1.99. The van der Waals surface area contributed by atoms with Crippen molar-refractivity contribution in [2.24, 2.45) is 0 Å². The minimum absolute atomic E-state index is 0.626. The molecule has 1 saturated carbocycles. The molecule has 0 aliphatic heterocycles. The van der Waals surface area contributed by atoms with E-state index in [-0.39, 0.29) is 0 Å². The smallest absolute Gasteiger partial charge is 0.164 e. The van der Waals surface area contributed by atoms with Crippen molar-refractivity contribution < 1.29 is 0 Å². The third-order valence-electron chi connectivity index (χ3n) is 3.36. The van der Waals surface area contributed by atoms with Gasteiger partial charge in [-0.2, -0.15) is 0 Å². The van der Waals surface area contributed by atoms with E-state index in [0.717, 1.165) is 16.9 Å². The van der Waals surface area contributed by atoms with Crippen LogP contribution in [0.2, 0.25) is 0 Å². The molecule has 3 aromatic rings. The number of para-hydroxylation sites is 1. The van der Waals surface area contributed by atoms with Gasteiger partial charge in [0.15, 0.2) is 5.65 Å². The highest BCUT2D eigenvalue weighted by Gasteiger charge is 2.29. The SMILES string of the molecule is [c]1c(C2CC2)n(-c2ccccc2)c2nccnc12. The fraction of sp³-hybridized carbons (Fsp3) is 0.200. The van der Waals surface area contributed by atoms with Crippen LogP contribution in [0.5, 0.6) is 0 Å². The van der Waals surface area contributed by atoms with Crippen LogP contribution < -0.4 is 0 Å². The molecule has 0 unspecified atom stereocenters. The van der Waals surface area contributed by atoms with Crippen molar-refractivity contribution in [3.05, 3.63) is 54.5 Å². The van der Waals surface area contributed by atoms with Crippen LogP contribution in [-0.2, 0) is 0 Å². The lowest BCUT2D eigenvalue weighted by Gasteiger charge is -2.08. The zero-order valence-electron chi connectivity index (χ0n) is 9.87. The van der Waals surface area contributed by atoms with Gasteiger partial charge >= 0.3 is 0 Å². The number of aromatic nitrogens is 3. The Labute approximate surface area is 105 Å². The Morgan fingerprint density at radius 1 is 1.06 bits per heavy atom. The summed E-state index contributed by atoms with van der Waals surface area (Å²) in [5.74, 6) is 0.626. The largest absolute Gasteiger partial charge is 0.296 e. The number of hydrogen-bond donors (Lipinski definition) is 0. The summed E-state index contributed by atoms with van der Waals surface area (Å²) in [6.07, 6.45) is 5.97. The van der Waals surface area contributed by atoms with Crippen molar-refractivity contribution >= 4 is 11.2 Å². The second-order valence-electron chi connectivity index (χ2n) is 4.68. The van der Waals surface area contributed by atoms with E-state index in [1.807, 2.05) is 18.2 Å². The van der Waals surface area contributed by atoms with Gasteiger partial charge in [0.1, 0.15) is 5.52 Å². The second-order valence-corrected chi connectivity index (χ2v) is 4.68. The minimum atomic E-state index is 0.626. The predicted molar refractivity (Wildman–Crippen MR) is 69.7 cm³/mol. The van der Waals surface area contributed by atoms with Crippen LogP contribution in [-0.4, -0.2) is 14.5 Å². The van der Waals surface area contributed by atoms with Crippen LogP contribution in [0.3, 0.4) is 0 Å². The molecule has 3 nitrogen and oxygen atoms in total. The second kappa shape index (κ2) is 3.67. The van der Waals surface area contributed by atoms with Crippen LogP contribution >= 0.6 is 0 Å². The molecule has 2 heterocycles. The van der Waals surface area contributed by atoms with Crippen LogP contribution in [0.15, 0.2) is 42.7 Å². The molecule has 1 radical (unpaired) electrons. The summed E-state index contributed by atoms with van der Waals surface area (Å²) in [7, 11) is 0. The molecule has 18 heavy (non-hydrogen) atoms. The van der Waals surface area contributed by atoms with E-state index < -0.39 is 0 Å². The Balaban J connectivity index is 2.04. The maximum Gasteiger partial charge on any atom is 0.164 e. The number of benzene rings is 1. The van der Waals surface area contributed by atoms with Crippen LogP contribution in [0.4, 0.5) is 0 Å². The minimum Gasteiger partial charge on any atom is -0.296 e. The van der Waals surface area contributed by atoms with Gasteiger partial charge in [-0.15, -0.1) is 0 Å². The highest BCUT2D eigenvalue weighted by molar-refractivity contribution is 5.74. The van der Waals surface area contributed by atoms with Crippen molar-refractivity contribution in [3.8, 4) is 5.69 Å². The van der Waals surface area contributed by atoms with Gasteiger partial charge < -0.3 is 0 Å². The standard InChI is InChI=1S/C15H12N3/c1-2-4-12(5-3-1)18-14(11-6-7-11)10-13-15(18)17-9-8-16-13/h1-5,8-9,11H,6-7H2. The topological polar surface area (TPSA) is 30.7 Å². The number of rotatable bonds is 2. The monoisotopic (exact) mass is 234 g/mol. The van der Waals surface area contributed by atoms with Crippen molar-refractivity contribution in [1.29, 1.82) is 0 Å². The zero-order chi connectivity index (χ0) is 11.9. The maximum atomic E-state index is 4.46. The summed E-state index contributed by atoms with van der Waals surface area (Å²) in [6.45, 7) is 0. The molecule has 0 bridgehead atoms. The quantitative estimate of drug-likeness (QED) is 0.682. The van der Waals surface area contributed by atoms with Gasteiger partial charge in [-0.1, -0.05) is 18.2 Å². The summed E-state index contributed by atoms with van der Waals surface area (Å²) < 4.78 is 2.19. The van der Waals surface area contributed by atoms with E-state index in [4.69, 9.17) is 0 Å². The third kappa shape index (κ3) is 1.44. The number of fused-ring (bicyclic) bond motifs is 1. The zero-order valence-corrected chi connectivity index (χ0v) is 9.87. The average Bonchev–Trinajstić information content (AvgIpc) is 3.20.